The minimum Gasteiger partial charge on any atom is -0.481 e. The second-order valence-electron chi connectivity index (χ2n) is 3.79. The molecule has 0 saturated heterocycles. The van der Waals surface area contributed by atoms with Crippen LogP contribution in [0.3, 0.4) is 0 Å². The first-order valence-corrected chi connectivity index (χ1v) is 5.36. The summed E-state index contributed by atoms with van der Waals surface area (Å²) >= 11 is 0. The zero-order valence-corrected chi connectivity index (χ0v) is 9.10. The average Bonchev–Trinajstić information content (AvgIpc) is 2.12. The number of unbranched alkanes of at least 4 members (excludes halogenated alkanes) is 1. The van der Waals surface area contributed by atoms with Crippen molar-refractivity contribution in [2.24, 2.45) is 5.41 Å². The lowest BCUT2D eigenvalue weighted by Crippen LogP contribution is -2.30. The first-order valence-electron chi connectivity index (χ1n) is 5.36. The van der Waals surface area contributed by atoms with Gasteiger partial charge in [0.05, 0.1) is 5.41 Å². The van der Waals surface area contributed by atoms with E-state index in [1.54, 1.807) is 0 Å². The van der Waals surface area contributed by atoms with Crippen LogP contribution in [0, 0.1) is 5.41 Å². The molecule has 0 aliphatic rings. The molecule has 0 aromatic heterocycles. The van der Waals surface area contributed by atoms with E-state index >= 15 is 0 Å². The Morgan fingerprint density at radius 3 is 2.08 bits per heavy atom. The highest BCUT2D eigenvalue weighted by Crippen LogP contribution is 2.34. The molecule has 1 unspecified atom stereocenters. The Kier molecular flexibility index (Phi) is 5.76. The summed E-state index contributed by atoms with van der Waals surface area (Å²) in [5.41, 5.74) is -0.440. The number of hydrogen-bond donors (Lipinski definition) is 1. The van der Waals surface area contributed by atoms with Crippen molar-refractivity contribution in [2.45, 2.75) is 59.3 Å². The minimum atomic E-state index is -0.606. The number of rotatable bonds is 7. The lowest BCUT2D eigenvalue weighted by atomic mass is 9.76. The fraction of sp³-hybridized carbons (Fsp3) is 0.909. The molecule has 2 heteroatoms. The van der Waals surface area contributed by atoms with E-state index in [1.165, 1.54) is 0 Å². The van der Waals surface area contributed by atoms with Crippen LogP contribution in [0.15, 0.2) is 0 Å². The van der Waals surface area contributed by atoms with Crippen LogP contribution < -0.4 is 0 Å². The highest BCUT2D eigenvalue weighted by molar-refractivity contribution is 5.74. The van der Waals surface area contributed by atoms with E-state index in [-0.39, 0.29) is 0 Å². The first-order chi connectivity index (χ1) is 6.13. The number of hydrogen-bond acceptors (Lipinski definition) is 1. The van der Waals surface area contributed by atoms with Crippen LogP contribution >= 0.6 is 0 Å². The van der Waals surface area contributed by atoms with Crippen molar-refractivity contribution in [3.63, 3.8) is 0 Å². The maximum atomic E-state index is 11.1. The van der Waals surface area contributed by atoms with Crippen molar-refractivity contribution in [1.82, 2.24) is 0 Å². The third-order valence-electron chi connectivity index (χ3n) is 2.87. The molecule has 2 nitrogen and oxygen atoms in total. The summed E-state index contributed by atoms with van der Waals surface area (Å²) in [6.07, 6.45) is 5.49. The first kappa shape index (κ1) is 12.5. The molecule has 0 amide bonds. The van der Waals surface area contributed by atoms with Gasteiger partial charge in [-0.05, 0) is 19.3 Å². The molecule has 0 aromatic rings. The molecule has 0 bridgehead atoms. The van der Waals surface area contributed by atoms with Gasteiger partial charge >= 0.3 is 5.97 Å². The Bertz CT molecular complexity index is 154. The second kappa shape index (κ2) is 6.01. The summed E-state index contributed by atoms with van der Waals surface area (Å²) in [5, 5.41) is 9.18. The molecule has 0 heterocycles. The second-order valence-corrected chi connectivity index (χ2v) is 3.79. The lowest BCUT2D eigenvalue weighted by molar-refractivity contribution is -0.150. The van der Waals surface area contributed by atoms with Crippen LogP contribution in [0.4, 0.5) is 0 Å². The number of carbonyl (C=O) groups is 1. The molecule has 13 heavy (non-hydrogen) atoms. The molecule has 0 rings (SSSR count). The molecule has 0 aliphatic carbocycles. The highest BCUT2D eigenvalue weighted by atomic mass is 16.4. The van der Waals surface area contributed by atoms with E-state index in [9.17, 15) is 9.90 Å². The fourth-order valence-corrected chi connectivity index (χ4v) is 1.84. The van der Waals surface area contributed by atoms with Crippen LogP contribution in [0.2, 0.25) is 0 Å². The van der Waals surface area contributed by atoms with Crippen LogP contribution in [0.1, 0.15) is 59.3 Å². The summed E-state index contributed by atoms with van der Waals surface area (Å²) in [5.74, 6) is -0.606. The van der Waals surface area contributed by atoms with Gasteiger partial charge in [0.15, 0.2) is 0 Å². The van der Waals surface area contributed by atoms with Gasteiger partial charge in [0, 0.05) is 0 Å². The fourth-order valence-electron chi connectivity index (χ4n) is 1.84. The van der Waals surface area contributed by atoms with Crippen LogP contribution in [0.25, 0.3) is 0 Å². The van der Waals surface area contributed by atoms with Crippen LogP contribution in [-0.2, 0) is 4.79 Å². The molecule has 0 spiro atoms. The smallest absolute Gasteiger partial charge is 0.309 e. The van der Waals surface area contributed by atoms with Crippen LogP contribution in [-0.4, -0.2) is 11.1 Å². The predicted molar refractivity (Wildman–Crippen MR) is 54.8 cm³/mol. The SMILES string of the molecule is CCCCC(CC)(CCC)C(=O)O. The van der Waals surface area contributed by atoms with Gasteiger partial charge < -0.3 is 5.11 Å². The minimum absolute atomic E-state index is 0.440. The van der Waals surface area contributed by atoms with E-state index in [0.29, 0.717) is 0 Å². The number of aliphatic carboxylic acids is 1. The molecule has 78 valence electrons. The van der Waals surface area contributed by atoms with Gasteiger partial charge in [0.25, 0.3) is 0 Å². The van der Waals surface area contributed by atoms with Gasteiger partial charge in [0.2, 0.25) is 0 Å². The molecule has 1 atom stereocenters. The van der Waals surface area contributed by atoms with Crippen molar-refractivity contribution < 1.29 is 9.90 Å². The normalized spacial score (nSPS) is 15.3. The molecular formula is C11H22O2. The Balaban J connectivity index is 4.35. The maximum Gasteiger partial charge on any atom is 0.309 e. The van der Waals surface area contributed by atoms with Crippen molar-refractivity contribution in [3.8, 4) is 0 Å². The monoisotopic (exact) mass is 186 g/mol. The largest absolute Gasteiger partial charge is 0.481 e. The summed E-state index contributed by atoms with van der Waals surface area (Å²) in [7, 11) is 0. The van der Waals surface area contributed by atoms with Gasteiger partial charge in [-0.25, -0.2) is 0 Å². The van der Waals surface area contributed by atoms with Gasteiger partial charge in [-0.15, -0.1) is 0 Å². The van der Waals surface area contributed by atoms with E-state index in [4.69, 9.17) is 0 Å². The topological polar surface area (TPSA) is 37.3 Å². The van der Waals surface area contributed by atoms with Gasteiger partial charge in [-0.1, -0.05) is 40.0 Å². The van der Waals surface area contributed by atoms with Crippen molar-refractivity contribution in [1.29, 1.82) is 0 Å². The Labute approximate surface area is 81.3 Å². The van der Waals surface area contributed by atoms with Gasteiger partial charge in [0.1, 0.15) is 0 Å². The van der Waals surface area contributed by atoms with E-state index in [0.717, 1.165) is 38.5 Å². The van der Waals surface area contributed by atoms with Crippen LogP contribution in [0.5, 0.6) is 0 Å². The average molecular weight is 186 g/mol. The quantitative estimate of drug-likeness (QED) is 0.661. The zero-order chi connectivity index (χ0) is 10.3. The Morgan fingerprint density at radius 1 is 1.15 bits per heavy atom. The lowest BCUT2D eigenvalue weighted by Gasteiger charge is -2.27. The zero-order valence-electron chi connectivity index (χ0n) is 9.10. The predicted octanol–water partition coefficient (Wildman–Crippen LogP) is 3.46. The summed E-state index contributed by atoms with van der Waals surface area (Å²) in [6, 6.07) is 0. The third-order valence-corrected chi connectivity index (χ3v) is 2.87. The standard InChI is InChI=1S/C11H22O2/c1-4-7-9-11(6-3,8-5-2)10(12)13/h4-9H2,1-3H3,(H,12,13). The summed E-state index contributed by atoms with van der Waals surface area (Å²) < 4.78 is 0. The highest BCUT2D eigenvalue weighted by Gasteiger charge is 2.34. The molecule has 0 fully saturated rings. The number of carboxylic acids is 1. The summed E-state index contributed by atoms with van der Waals surface area (Å²) in [6.45, 7) is 6.15. The third kappa shape index (κ3) is 3.37. The van der Waals surface area contributed by atoms with E-state index < -0.39 is 11.4 Å². The molecule has 0 aliphatic heterocycles. The molecule has 1 N–H and O–H groups in total. The van der Waals surface area contributed by atoms with Gasteiger partial charge in [-0.2, -0.15) is 0 Å². The van der Waals surface area contributed by atoms with Crippen molar-refractivity contribution >= 4 is 5.97 Å². The molecule has 0 aromatic carbocycles. The van der Waals surface area contributed by atoms with E-state index in [1.807, 2.05) is 6.92 Å². The van der Waals surface area contributed by atoms with Crippen molar-refractivity contribution in [2.75, 3.05) is 0 Å². The Hall–Kier alpha value is -0.530. The summed E-state index contributed by atoms with van der Waals surface area (Å²) in [4.78, 5) is 11.1. The molecular weight excluding hydrogens is 164 g/mol. The van der Waals surface area contributed by atoms with E-state index in [2.05, 4.69) is 13.8 Å². The number of carboxylic acid groups (broad SMARTS) is 1. The molecule has 0 radical (unpaired) electrons. The van der Waals surface area contributed by atoms with Crippen molar-refractivity contribution in [3.05, 3.63) is 0 Å². The Morgan fingerprint density at radius 2 is 1.77 bits per heavy atom. The van der Waals surface area contributed by atoms with Gasteiger partial charge in [-0.3, -0.25) is 4.79 Å². The molecule has 0 saturated carbocycles. The maximum absolute atomic E-state index is 11.1.